The molecule has 130 valence electrons. The lowest BCUT2D eigenvalue weighted by Gasteiger charge is -2.29. The molecule has 0 spiro atoms. The lowest BCUT2D eigenvalue weighted by Crippen LogP contribution is -2.41. The highest BCUT2D eigenvalue weighted by Crippen LogP contribution is 2.25. The van der Waals surface area contributed by atoms with Crippen LogP contribution in [0.15, 0.2) is 46.9 Å². The van der Waals surface area contributed by atoms with E-state index in [4.69, 9.17) is 10.2 Å². The Labute approximate surface area is 144 Å². The van der Waals surface area contributed by atoms with Gasteiger partial charge in [0.25, 0.3) is 0 Å². The van der Waals surface area contributed by atoms with E-state index < -0.39 is 0 Å². The molecule has 0 atom stereocenters. The second-order valence-electron chi connectivity index (χ2n) is 6.02. The molecule has 1 fully saturated rings. The minimum absolute atomic E-state index is 0.147. The summed E-state index contributed by atoms with van der Waals surface area (Å²) in [6.45, 7) is 1.02. The summed E-state index contributed by atoms with van der Waals surface area (Å²) in [5, 5.41) is 0. The molecule has 2 aromatic rings. The molecule has 0 saturated carbocycles. The number of primary amides is 1. The summed E-state index contributed by atoms with van der Waals surface area (Å²) in [6, 6.07) is 9.70. The Morgan fingerprint density at radius 2 is 1.88 bits per heavy atom. The smallest absolute Gasteiger partial charge is 0.246 e. The maximum absolute atomic E-state index is 13.8. The van der Waals surface area contributed by atoms with Gasteiger partial charge in [-0.15, -0.1) is 0 Å². The third-order valence-electron chi connectivity index (χ3n) is 4.37. The lowest BCUT2D eigenvalue weighted by molar-refractivity contribution is -0.130. The van der Waals surface area contributed by atoms with Gasteiger partial charge in [0, 0.05) is 25.1 Å². The van der Waals surface area contributed by atoms with E-state index in [2.05, 4.69) is 0 Å². The van der Waals surface area contributed by atoms with Crippen LogP contribution in [-0.4, -0.2) is 29.8 Å². The number of piperidine rings is 1. The predicted molar refractivity (Wildman–Crippen MR) is 91.6 cm³/mol. The maximum Gasteiger partial charge on any atom is 0.246 e. The van der Waals surface area contributed by atoms with Crippen molar-refractivity contribution >= 4 is 17.9 Å². The van der Waals surface area contributed by atoms with Gasteiger partial charge in [0.15, 0.2) is 0 Å². The molecule has 1 saturated heterocycles. The molecule has 0 bridgehead atoms. The summed E-state index contributed by atoms with van der Waals surface area (Å²) < 4.78 is 19.3. The Hall–Kier alpha value is -2.89. The van der Waals surface area contributed by atoms with Crippen LogP contribution in [-0.2, 0) is 9.59 Å². The number of rotatable bonds is 4. The molecule has 2 amide bonds. The summed E-state index contributed by atoms with van der Waals surface area (Å²) in [4.78, 5) is 25.0. The molecule has 1 aliphatic heterocycles. The average Bonchev–Trinajstić information content (AvgIpc) is 3.09. The van der Waals surface area contributed by atoms with Crippen molar-refractivity contribution in [2.45, 2.75) is 12.8 Å². The fourth-order valence-electron chi connectivity index (χ4n) is 2.89. The van der Waals surface area contributed by atoms with E-state index in [1.165, 1.54) is 12.1 Å². The summed E-state index contributed by atoms with van der Waals surface area (Å²) in [5.74, 6) is -0.0843. The first-order valence-electron chi connectivity index (χ1n) is 8.15. The van der Waals surface area contributed by atoms with Crippen LogP contribution in [0.25, 0.3) is 17.4 Å². The predicted octanol–water partition coefficient (Wildman–Crippen LogP) is 2.82. The van der Waals surface area contributed by atoms with E-state index in [9.17, 15) is 14.0 Å². The molecular weight excluding hydrogens is 323 g/mol. The molecule has 1 aliphatic rings. The molecule has 0 unspecified atom stereocenters. The average molecular weight is 342 g/mol. The first-order valence-corrected chi connectivity index (χ1v) is 8.15. The van der Waals surface area contributed by atoms with Gasteiger partial charge in [-0.1, -0.05) is 12.1 Å². The Morgan fingerprint density at radius 3 is 2.56 bits per heavy atom. The van der Waals surface area contributed by atoms with E-state index in [1.807, 2.05) is 0 Å². The highest BCUT2D eigenvalue weighted by Gasteiger charge is 2.24. The number of likely N-dealkylation sites (tertiary alicyclic amines) is 1. The number of hydrogen-bond acceptors (Lipinski definition) is 3. The number of benzene rings is 1. The van der Waals surface area contributed by atoms with Crippen molar-refractivity contribution in [1.82, 2.24) is 4.90 Å². The van der Waals surface area contributed by atoms with Crippen molar-refractivity contribution in [3.05, 3.63) is 54.1 Å². The molecule has 3 rings (SSSR count). The van der Waals surface area contributed by atoms with Gasteiger partial charge in [-0.3, -0.25) is 9.59 Å². The standard InChI is InChI=1S/C19H19FN2O3/c20-16-4-2-1-3-15(16)17-7-5-14(25-17)6-8-18(23)22-11-9-13(10-12-22)19(21)24/h1-8,13H,9-12H2,(H2,21,24)/b8-6+. The van der Waals surface area contributed by atoms with Crippen LogP contribution in [0.4, 0.5) is 4.39 Å². The molecule has 1 aromatic carbocycles. The molecule has 1 aromatic heterocycles. The quantitative estimate of drug-likeness (QED) is 0.868. The van der Waals surface area contributed by atoms with Gasteiger partial charge in [-0.2, -0.15) is 0 Å². The number of nitrogens with zero attached hydrogens (tertiary/aromatic N) is 1. The molecule has 6 heteroatoms. The third kappa shape index (κ3) is 3.96. The van der Waals surface area contributed by atoms with Crippen molar-refractivity contribution in [3.63, 3.8) is 0 Å². The van der Waals surface area contributed by atoms with E-state index in [1.54, 1.807) is 41.3 Å². The zero-order valence-electron chi connectivity index (χ0n) is 13.7. The van der Waals surface area contributed by atoms with Gasteiger partial charge < -0.3 is 15.1 Å². The molecular formula is C19H19FN2O3. The van der Waals surface area contributed by atoms with Crippen molar-refractivity contribution in [3.8, 4) is 11.3 Å². The largest absolute Gasteiger partial charge is 0.457 e. The second kappa shape index (κ2) is 7.34. The first-order chi connectivity index (χ1) is 12.0. The maximum atomic E-state index is 13.8. The first kappa shape index (κ1) is 17.0. The minimum Gasteiger partial charge on any atom is -0.457 e. The SMILES string of the molecule is NC(=O)C1CCN(C(=O)/C=C/c2ccc(-c3ccccc3F)o2)CC1. The lowest BCUT2D eigenvalue weighted by atomic mass is 9.96. The van der Waals surface area contributed by atoms with Crippen molar-refractivity contribution in [2.24, 2.45) is 11.7 Å². The minimum atomic E-state index is -0.360. The van der Waals surface area contributed by atoms with Gasteiger partial charge in [-0.25, -0.2) is 4.39 Å². The molecule has 25 heavy (non-hydrogen) atoms. The van der Waals surface area contributed by atoms with Crippen LogP contribution >= 0.6 is 0 Å². The van der Waals surface area contributed by atoms with Crippen LogP contribution in [0.3, 0.4) is 0 Å². The summed E-state index contributed by atoms with van der Waals surface area (Å²) in [5.41, 5.74) is 5.67. The van der Waals surface area contributed by atoms with Crippen molar-refractivity contribution in [1.29, 1.82) is 0 Å². The fourth-order valence-corrected chi connectivity index (χ4v) is 2.89. The van der Waals surface area contributed by atoms with E-state index >= 15 is 0 Å². The van der Waals surface area contributed by atoms with E-state index in [-0.39, 0.29) is 23.5 Å². The molecule has 2 heterocycles. The molecule has 2 N–H and O–H groups in total. The highest BCUT2D eigenvalue weighted by molar-refractivity contribution is 5.91. The van der Waals surface area contributed by atoms with Crippen molar-refractivity contribution in [2.75, 3.05) is 13.1 Å². The van der Waals surface area contributed by atoms with Gasteiger partial charge >= 0.3 is 0 Å². The van der Waals surface area contributed by atoms with E-state index in [0.717, 1.165) is 0 Å². The summed E-state index contributed by atoms with van der Waals surface area (Å²) in [6.07, 6.45) is 4.17. The van der Waals surface area contributed by atoms with Gasteiger partial charge in [0.1, 0.15) is 17.3 Å². The fraction of sp³-hybridized carbons (Fsp3) is 0.263. The summed E-state index contributed by atoms with van der Waals surface area (Å²) >= 11 is 0. The second-order valence-corrected chi connectivity index (χ2v) is 6.02. The van der Waals surface area contributed by atoms with Gasteiger partial charge in [0.2, 0.25) is 11.8 Å². The number of nitrogens with two attached hydrogens (primary N) is 1. The highest BCUT2D eigenvalue weighted by atomic mass is 19.1. The van der Waals surface area contributed by atoms with Crippen LogP contribution in [0.5, 0.6) is 0 Å². The Kier molecular flexibility index (Phi) is 4.97. The van der Waals surface area contributed by atoms with Crippen LogP contribution in [0, 0.1) is 11.7 Å². The topological polar surface area (TPSA) is 76.5 Å². The van der Waals surface area contributed by atoms with Gasteiger partial charge in [0.05, 0.1) is 5.56 Å². The number of carbonyl (C=O) groups is 2. The van der Waals surface area contributed by atoms with Crippen LogP contribution < -0.4 is 5.73 Å². The molecule has 5 nitrogen and oxygen atoms in total. The zero-order valence-corrected chi connectivity index (χ0v) is 13.7. The molecule has 0 radical (unpaired) electrons. The Balaban J connectivity index is 1.62. The van der Waals surface area contributed by atoms with Crippen LogP contribution in [0.1, 0.15) is 18.6 Å². The zero-order chi connectivity index (χ0) is 17.8. The molecule has 0 aliphatic carbocycles. The van der Waals surface area contributed by atoms with Gasteiger partial charge in [-0.05, 0) is 43.2 Å². The number of carbonyl (C=O) groups excluding carboxylic acids is 2. The Bertz CT molecular complexity index is 805. The normalized spacial score (nSPS) is 15.6. The number of amides is 2. The summed E-state index contributed by atoms with van der Waals surface area (Å²) in [7, 11) is 0. The third-order valence-corrected chi connectivity index (χ3v) is 4.37. The van der Waals surface area contributed by atoms with Crippen LogP contribution in [0.2, 0.25) is 0 Å². The number of furan rings is 1. The van der Waals surface area contributed by atoms with E-state index in [0.29, 0.717) is 43.0 Å². The number of hydrogen-bond donors (Lipinski definition) is 1. The van der Waals surface area contributed by atoms with Crippen molar-refractivity contribution < 1.29 is 18.4 Å². The number of halogens is 1. The monoisotopic (exact) mass is 342 g/mol. The Morgan fingerprint density at radius 1 is 1.16 bits per heavy atom.